The summed E-state index contributed by atoms with van der Waals surface area (Å²) >= 11 is 3.99. The Hall–Kier alpha value is -0.580. The lowest BCUT2D eigenvalue weighted by Gasteiger charge is -2.60. The first-order chi connectivity index (χ1) is 11.8. The Bertz CT molecular complexity index is 543. The fraction of sp³-hybridized carbons (Fsp3) is 0.900. The second kappa shape index (κ2) is 6.54. The van der Waals surface area contributed by atoms with E-state index in [0.29, 0.717) is 6.42 Å². The fourth-order valence-corrected chi connectivity index (χ4v) is 8.04. The van der Waals surface area contributed by atoms with Gasteiger partial charge in [0.2, 0.25) is 0 Å². The minimum Gasteiger partial charge on any atom is -0.453 e. The molecule has 5 rings (SSSR count). The van der Waals surface area contributed by atoms with Gasteiger partial charge in [0, 0.05) is 10.4 Å². The van der Waals surface area contributed by atoms with E-state index in [4.69, 9.17) is 4.74 Å². The van der Waals surface area contributed by atoms with Crippen LogP contribution in [0.4, 0.5) is 0 Å². The van der Waals surface area contributed by atoms with Crippen molar-refractivity contribution in [2.24, 2.45) is 17.3 Å². The van der Waals surface area contributed by atoms with Gasteiger partial charge < -0.3 is 10.1 Å². The van der Waals surface area contributed by atoms with Crippen molar-refractivity contribution in [3.63, 3.8) is 0 Å². The first kappa shape index (κ1) is 17.8. The van der Waals surface area contributed by atoms with Crippen LogP contribution in [-0.2, 0) is 14.3 Å². The molecule has 5 aliphatic carbocycles. The number of rotatable bonds is 5. The molecular formula is C20H30BrNO3. The van der Waals surface area contributed by atoms with Crippen LogP contribution in [-0.4, -0.2) is 28.3 Å². The SMILES string of the molecule is CC(OC(=O)CC12CC3CC(CC(Br)(C3)C1)C2)C(=O)NC1CCCC1. The van der Waals surface area contributed by atoms with Crippen molar-refractivity contribution < 1.29 is 14.3 Å². The predicted molar refractivity (Wildman–Crippen MR) is 99.3 cm³/mol. The fourth-order valence-electron chi connectivity index (χ4n) is 6.53. The second-order valence-corrected chi connectivity index (χ2v) is 11.1. The Morgan fingerprint density at radius 3 is 2.40 bits per heavy atom. The highest BCUT2D eigenvalue weighted by molar-refractivity contribution is 9.10. The van der Waals surface area contributed by atoms with Crippen LogP contribution >= 0.6 is 15.9 Å². The molecule has 0 spiro atoms. The standard InChI is InChI=1S/C20H30BrNO3/c1-13(18(24)22-16-4-2-3-5-16)25-17(23)11-19-7-14-6-15(8-19)10-20(21,9-14)12-19/h13-16H,2-12H2,1H3,(H,22,24). The van der Waals surface area contributed by atoms with Gasteiger partial charge in [0.1, 0.15) is 0 Å². The zero-order valence-electron chi connectivity index (χ0n) is 15.2. The Labute approximate surface area is 159 Å². The summed E-state index contributed by atoms with van der Waals surface area (Å²) < 4.78 is 5.78. The highest BCUT2D eigenvalue weighted by atomic mass is 79.9. The number of amides is 1. The smallest absolute Gasteiger partial charge is 0.307 e. The average molecular weight is 412 g/mol. The zero-order chi connectivity index (χ0) is 17.7. The van der Waals surface area contributed by atoms with Crippen molar-refractivity contribution in [1.82, 2.24) is 5.32 Å². The van der Waals surface area contributed by atoms with E-state index in [2.05, 4.69) is 21.2 Å². The van der Waals surface area contributed by atoms with Gasteiger partial charge >= 0.3 is 5.97 Å². The van der Waals surface area contributed by atoms with Gasteiger partial charge in [0.25, 0.3) is 5.91 Å². The molecule has 3 unspecified atom stereocenters. The molecule has 140 valence electrons. The molecule has 5 heteroatoms. The Morgan fingerprint density at radius 2 is 1.80 bits per heavy atom. The molecule has 0 aromatic rings. The summed E-state index contributed by atoms with van der Waals surface area (Å²) in [4.78, 5) is 24.8. The van der Waals surface area contributed by atoms with Crippen LogP contribution in [0.2, 0.25) is 0 Å². The van der Waals surface area contributed by atoms with Crippen molar-refractivity contribution in [2.75, 3.05) is 0 Å². The van der Waals surface area contributed by atoms with E-state index in [0.717, 1.165) is 43.9 Å². The molecule has 0 heterocycles. The number of nitrogens with one attached hydrogen (secondary N) is 1. The number of hydrogen-bond acceptors (Lipinski definition) is 3. The molecule has 5 fully saturated rings. The minimum atomic E-state index is -0.681. The second-order valence-electron chi connectivity index (χ2n) is 9.41. The third-order valence-electron chi connectivity index (χ3n) is 7.01. The summed E-state index contributed by atoms with van der Waals surface area (Å²) in [7, 11) is 0. The summed E-state index contributed by atoms with van der Waals surface area (Å²) in [6, 6.07) is 0.269. The van der Waals surface area contributed by atoms with Crippen molar-refractivity contribution >= 4 is 27.8 Å². The monoisotopic (exact) mass is 411 g/mol. The third-order valence-corrected chi connectivity index (χ3v) is 7.94. The maximum absolute atomic E-state index is 12.6. The van der Waals surface area contributed by atoms with Gasteiger partial charge in [-0.3, -0.25) is 9.59 Å². The largest absolute Gasteiger partial charge is 0.453 e. The Kier molecular flexibility index (Phi) is 4.66. The molecule has 3 atom stereocenters. The van der Waals surface area contributed by atoms with Gasteiger partial charge in [-0.25, -0.2) is 0 Å². The quantitative estimate of drug-likeness (QED) is 0.547. The number of ether oxygens (including phenoxy) is 1. The van der Waals surface area contributed by atoms with Crippen LogP contribution in [0.3, 0.4) is 0 Å². The van der Waals surface area contributed by atoms with E-state index >= 15 is 0 Å². The van der Waals surface area contributed by atoms with Crippen molar-refractivity contribution in [1.29, 1.82) is 0 Å². The van der Waals surface area contributed by atoms with Crippen LogP contribution in [0.15, 0.2) is 0 Å². The number of carbonyl (C=O) groups excluding carboxylic acids is 2. The van der Waals surface area contributed by atoms with Gasteiger partial charge in [-0.1, -0.05) is 28.8 Å². The number of carbonyl (C=O) groups is 2. The lowest BCUT2D eigenvalue weighted by atomic mass is 9.49. The van der Waals surface area contributed by atoms with Crippen LogP contribution < -0.4 is 5.32 Å². The molecular weight excluding hydrogens is 382 g/mol. The van der Waals surface area contributed by atoms with Gasteiger partial charge in [0.15, 0.2) is 6.10 Å². The number of hydrogen-bond donors (Lipinski definition) is 1. The van der Waals surface area contributed by atoms with E-state index in [1.165, 1.54) is 32.1 Å². The van der Waals surface area contributed by atoms with Crippen LogP contribution in [0, 0.1) is 17.3 Å². The van der Waals surface area contributed by atoms with Crippen molar-refractivity contribution in [3.05, 3.63) is 0 Å². The van der Waals surface area contributed by atoms with Crippen LogP contribution in [0.1, 0.15) is 77.6 Å². The molecule has 25 heavy (non-hydrogen) atoms. The van der Waals surface area contributed by atoms with E-state index in [1.807, 2.05) is 0 Å². The molecule has 4 nitrogen and oxygen atoms in total. The van der Waals surface area contributed by atoms with E-state index in [1.54, 1.807) is 6.92 Å². The maximum atomic E-state index is 12.6. The summed E-state index contributed by atoms with van der Waals surface area (Å²) in [5, 5.41) is 3.03. The normalized spacial score (nSPS) is 40.9. The molecule has 0 radical (unpaired) electrons. The maximum Gasteiger partial charge on any atom is 0.307 e. The first-order valence-corrected chi connectivity index (χ1v) is 10.8. The molecule has 0 aromatic heterocycles. The third kappa shape index (κ3) is 3.77. The van der Waals surface area contributed by atoms with Gasteiger partial charge in [-0.2, -0.15) is 0 Å². The van der Waals surface area contributed by atoms with Gasteiger partial charge in [-0.15, -0.1) is 0 Å². The topological polar surface area (TPSA) is 55.4 Å². The highest BCUT2D eigenvalue weighted by Gasteiger charge is 2.57. The molecule has 0 aliphatic heterocycles. The Morgan fingerprint density at radius 1 is 1.16 bits per heavy atom. The highest BCUT2D eigenvalue weighted by Crippen LogP contribution is 2.65. The van der Waals surface area contributed by atoms with Crippen LogP contribution in [0.25, 0.3) is 0 Å². The molecule has 0 saturated heterocycles. The molecule has 5 aliphatic rings. The average Bonchev–Trinajstić information content (AvgIpc) is 2.96. The number of halogens is 1. The lowest BCUT2D eigenvalue weighted by Crippen LogP contribution is -2.53. The van der Waals surface area contributed by atoms with Gasteiger partial charge in [0.05, 0.1) is 6.42 Å². The van der Waals surface area contributed by atoms with E-state index in [9.17, 15) is 9.59 Å². The molecule has 5 saturated carbocycles. The molecule has 1 amide bonds. The van der Waals surface area contributed by atoms with E-state index < -0.39 is 6.10 Å². The molecule has 0 aromatic carbocycles. The lowest BCUT2D eigenvalue weighted by molar-refractivity contribution is -0.160. The first-order valence-electron chi connectivity index (χ1n) is 10.0. The predicted octanol–water partition coefficient (Wildman–Crippen LogP) is 4.10. The molecule has 4 bridgehead atoms. The number of esters is 1. The summed E-state index contributed by atoms with van der Waals surface area (Å²) in [5.41, 5.74) is 0.103. The Balaban J connectivity index is 1.32. The summed E-state index contributed by atoms with van der Waals surface area (Å²) in [6.07, 6.45) is 11.5. The number of alkyl halides is 1. The molecule has 1 N–H and O–H groups in total. The summed E-state index contributed by atoms with van der Waals surface area (Å²) in [5.74, 6) is 1.20. The van der Waals surface area contributed by atoms with Crippen molar-refractivity contribution in [2.45, 2.75) is 94.0 Å². The summed E-state index contributed by atoms with van der Waals surface area (Å²) in [6.45, 7) is 1.70. The van der Waals surface area contributed by atoms with Crippen molar-refractivity contribution in [3.8, 4) is 0 Å². The zero-order valence-corrected chi connectivity index (χ0v) is 16.8. The van der Waals surface area contributed by atoms with E-state index in [-0.39, 0.29) is 27.7 Å². The van der Waals surface area contributed by atoms with Crippen LogP contribution in [0.5, 0.6) is 0 Å². The minimum absolute atomic E-state index is 0.103. The van der Waals surface area contributed by atoms with Gasteiger partial charge in [-0.05, 0) is 75.5 Å².